The quantitative estimate of drug-likeness (QED) is 0.275. The van der Waals surface area contributed by atoms with Crippen molar-refractivity contribution in [2.75, 3.05) is 26.7 Å². The van der Waals surface area contributed by atoms with E-state index in [9.17, 15) is 4.79 Å². The van der Waals surface area contributed by atoms with Crippen molar-refractivity contribution in [3.63, 3.8) is 0 Å². The summed E-state index contributed by atoms with van der Waals surface area (Å²) in [5, 5.41) is 8.88. The lowest BCUT2D eigenvalue weighted by molar-refractivity contribution is -0.120. The van der Waals surface area contributed by atoms with Crippen LogP contribution in [0, 0.1) is 0 Å². The number of carbonyl (C=O) groups excluding carboxylic acids is 1. The second-order valence-corrected chi connectivity index (χ2v) is 3.27. The first-order chi connectivity index (χ1) is 7.74. The highest BCUT2D eigenvalue weighted by Crippen LogP contribution is 1.79. The number of rotatable bonds is 7. The van der Waals surface area contributed by atoms with E-state index in [-0.39, 0.29) is 29.9 Å². The van der Waals surface area contributed by atoms with Crippen LogP contribution in [0.4, 0.5) is 0 Å². The van der Waals surface area contributed by atoms with Gasteiger partial charge in [-0.2, -0.15) is 0 Å². The summed E-state index contributed by atoms with van der Waals surface area (Å²) in [6.45, 7) is 7.60. The summed E-state index contributed by atoms with van der Waals surface area (Å²) in [6.07, 6.45) is 3.16. The molecule has 0 unspecified atom stereocenters. The Morgan fingerprint density at radius 2 is 2.00 bits per heavy atom. The van der Waals surface area contributed by atoms with Crippen LogP contribution >= 0.6 is 24.0 Å². The van der Waals surface area contributed by atoms with Crippen LogP contribution in [0.3, 0.4) is 0 Å². The highest BCUT2D eigenvalue weighted by Gasteiger charge is 2.00. The SMILES string of the molecule is C=CCNC(=NC)NCCC(=O)NCCC.I. The van der Waals surface area contributed by atoms with Gasteiger partial charge in [-0.05, 0) is 6.42 Å². The minimum Gasteiger partial charge on any atom is -0.356 e. The van der Waals surface area contributed by atoms with Gasteiger partial charge in [0.15, 0.2) is 5.96 Å². The molecule has 0 rings (SSSR count). The summed E-state index contributed by atoms with van der Waals surface area (Å²) in [6, 6.07) is 0. The number of aliphatic imine (C=N–C) groups is 1. The molecular formula is C11H23IN4O. The van der Waals surface area contributed by atoms with Gasteiger partial charge in [0, 0.05) is 33.1 Å². The van der Waals surface area contributed by atoms with Crippen LogP contribution in [-0.2, 0) is 4.79 Å². The fourth-order valence-electron chi connectivity index (χ4n) is 1.04. The van der Waals surface area contributed by atoms with E-state index in [4.69, 9.17) is 0 Å². The molecule has 0 radical (unpaired) electrons. The zero-order valence-electron chi connectivity index (χ0n) is 10.6. The Kier molecular flexibility index (Phi) is 14.5. The second kappa shape index (κ2) is 13.3. The van der Waals surface area contributed by atoms with Crippen LogP contribution in [0.5, 0.6) is 0 Å². The normalized spacial score (nSPS) is 10.1. The summed E-state index contributed by atoms with van der Waals surface area (Å²) >= 11 is 0. The molecule has 0 atom stereocenters. The number of hydrogen-bond acceptors (Lipinski definition) is 2. The van der Waals surface area contributed by atoms with Gasteiger partial charge in [0.25, 0.3) is 0 Å². The molecule has 6 heteroatoms. The zero-order valence-corrected chi connectivity index (χ0v) is 12.9. The van der Waals surface area contributed by atoms with Crippen molar-refractivity contribution in [2.24, 2.45) is 4.99 Å². The summed E-state index contributed by atoms with van der Waals surface area (Å²) in [7, 11) is 1.69. The van der Waals surface area contributed by atoms with Gasteiger partial charge in [-0.1, -0.05) is 13.0 Å². The largest absolute Gasteiger partial charge is 0.356 e. The maximum Gasteiger partial charge on any atom is 0.221 e. The van der Waals surface area contributed by atoms with Crippen molar-refractivity contribution in [1.29, 1.82) is 0 Å². The lowest BCUT2D eigenvalue weighted by Crippen LogP contribution is -2.39. The third-order valence-electron chi connectivity index (χ3n) is 1.85. The zero-order chi connectivity index (χ0) is 12.2. The van der Waals surface area contributed by atoms with Gasteiger partial charge in [-0.15, -0.1) is 30.6 Å². The van der Waals surface area contributed by atoms with Crippen molar-refractivity contribution in [3.05, 3.63) is 12.7 Å². The molecule has 0 saturated carbocycles. The van der Waals surface area contributed by atoms with E-state index in [1.807, 2.05) is 6.92 Å². The smallest absolute Gasteiger partial charge is 0.221 e. The van der Waals surface area contributed by atoms with E-state index in [0.717, 1.165) is 13.0 Å². The van der Waals surface area contributed by atoms with E-state index >= 15 is 0 Å². The number of guanidine groups is 1. The molecule has 1 amide bonds. The van der Waals surface area contributed by atoms with Gasteiger partial charge in [0.2, 0.25) is 5.91 Å². The molecule has 5 nitrogen and oxygen atoms in total. The van der Waals surface area contributed by atoms with Gasteiger partial charge in [0.05, 0.1) is 0 Å². The summed E-state index contributed by atoms with van der Waals surface area (Å²) in [4.78, 5) is 15.3. The Hall–Kier alpha value is -0.790. The first kappa shape index (κ1) is 18.6. The van der Waals surface area contributed by atoms with Crippen molar-refractivity contribution in [1.82, 2.24) is 16.0 Å². The minimum atomic E-state index is 0. The lowest BCUT2D eigenvalue weighted by atomic mass is 10.4. The standard InChI is InChI=1S/C11H22N4O.HI/c1-4-7-13-10(16)6-9-15-11(12-3)14-8-5-2;/h5H,2,4,6-9H2,1,3H3,(H,13,16)(H2,12,14,15);1H. The van der Waals surface area contributed by atoms with E-state index in [2.05, 4.69) is 27.5 Å². The molecule has 0 aliphatic heterocycles. The summed E-state index contributed by atoms with van der Waals surface area (Å²) in [5.41, 5.74) is 0. The molecule has 17 heavy (non-hydrogen) atoms. The van der Waals surface area contributed by atoms with E-state index < -0.39 is 0 Å². The third kappa shape index (κ3) is 11.5. The Bertz CT molecular complexity index is 244. The predicted octanol–water partition coefficient (Wildman–Crippen LogP) is 0.872. The molecule has 0 aliphatic rings. The number of hydrogen-bond donors (Lipinski definition) is 3. The Labute approximate surface area is 121 Å². The average Bonchev–Trinajstić information content (AvgIpc) is 2.30. The highest BCUT2D eigenvalue weighted by atomic mass is 127. The minimum absolute atomic E-state index is 0. The molecule has 0 fully saturated rings. The molecule has 0 spiro atoms. The van der Waals surface area contributed by atoms with E-state index in [1.54, 1.807) is 13.1 Å². The Morgan fingerprint density at radius 3 is 2.53 bits per heavy atom. The molecule has 0 saturated heterocycles. The highest BCUT2D eigenvalue weighted by molar-refractivity contribution is 14.0. The van der Waals surface area contributed by atoms with Crippen molar-refractivity contribution < 1.29 is 4.79 Å². The number of carbonyl (C=O) groups is 1. The number of amides is 1. The molecule has 0 aromatic heterocycles. The van der Waals surface area contributed by atoms with Gasteiger partial charge in [-0.25, -0.2) is 0 Å². The molecule has 0 aliphatic carbocycles. The van der Waals surface area contributed by atoms with Gasteiger partial charge in [-0.3, -0.25) is 9.79 Å². The van der Waals surface area contributed by atoms with Crippen LogP contribution < -0.4 is 16.0 Å². The summed E-state index contributed by atoms with van der Waals surface area (Å²) in [5.74, 6) is 0.747. The van der Waals surface area contributed by atoms with Crippen molar-refractivity contribution in [2.45, 2.75) is 19.8 Å². The number of halogens is 1. The molecule has 3 N–H and O–H groups in total. The van der Waals surface area contributed by atoms with Gasteiger partial charge < -0.3 is 16.0 Å². The van der Waals surface area contributed by atoms with Crippen molar-refractivity contribution in [3.8, 4) is 0 Å². The first-order valence-corrected chi connectivity index (χ1v) is 5.56. The maximum atomic E-state index is 11.3. The maximum absolute atomic E-state index is 11.3. The molecule has 100 valence electrons. The average molecular weight is 354 g/mol. The topological polar surface area (TPSA) is 65.5 Å². The van der Waals surface area contributed by atoms with Crippen LogP contribution in [0.2, 0.25) is 0 Å². The third-order valence-corrected chi connectivity index (χ3v) is 1.85. The van der Waals surface area contributed by atoms with Crippen LogP contribution in [-0.4, -0.2) is 38.5 Å². The van der Waals surface area contributed by atoms with Crippen LogP contribution in [0.1, 0.15) is 19.8 Å². The van der Waals surface area contributed by atoms with Crippen LogP contribution in [0.25, 0.3) is 0 Å². The Balaban J connectivity index is 0. The van der Waals surface area contributed by atoms with Gasteiger partial charge in [0.1, 0.15) is 0 Å². The molecule has 0 aromatic rings. The predicted molar refractivity (Wildman–Crippen MR) is 82.9 cm³/mol. The van der Waals surface area contributed by atoms with E-state index in [0.29, 0.717) is 25.5 Å². The Morgan fingerprint density at radius 1 is 1.29 bits per heavy atom. The molecule has 0 heterocycles. The number of nitrogens with zero attached hydrogens (tertiary/aromatic N) is 1. The fraction of sp³-hybridized carbons (Fsp3) is 0.636. The van der Waals surface area contributed by atoms with E-state index in [1.165, 1.54) is 0 Å². The van der Waals surface area contributed by atoms with Crippen LogP contribution in [0.15, 0.2) is 17.6 Å². The monoisotopic (exact) mass is 354 g/mol. The summed E-state index contributed by atoms with van der Waals surface area (Å²) < 4.78 is 0. The first-order valence-electron chi connectivity index (χ1n) is 5.56. The van der Waals surface area contributed by atoms with Gasteiger partial charge >= 0.3 is 0 Å². The molecular weight excluding hydrogens is 331 g/mol. The number of nitrogens with one attached hydrogen (secondary N) is 3. The molecule has 0 bridgehead atoms. The van der Waals surface area contributed by atoms with Crippen molar-refractivity contribution >= 4 is 35.8 Å². The fourth-order valence-corrected chi connectivity index (χ4v) is 1.04. The second-order valence-electron chi connectivity index (χ2n) is 3.27. The lowest BCUT2D eigenvalue weighted by Gasteiger charge is -2.10. The molecule has 0 aromatic carbocycles.